The van der Waals surface area contributed by atoms with E-state index in [-0.39, 0.29) is 42.5 Å². The van der Waals surface area contributed by atoms with Crippen molar-refractivity contribution in [3.05, 3.63) is 107 Å². The number of phenols is 1. The highest BCUT2D eigenvalue weighted by atomic mass is 28.4. The molecule has 3 aromatic carbocycles. The number of aliphatic hydroxyl groups is 2. The molecule has 0 unspecified atom stereocenters. The fourth-order valence-electron chi connectivity index (χ4n) is 9.26. The number of phenolic OH excluding ortho intramolecular Hbond substituents is 1. The molecule has 1 saturated carbocycles. The van der Waals surface area contributed by atoms with Crippen LogP contribution in [0.15, 0.2) is 95.6 Å². The van der Waals surface area contributed by atoms with Gasteiger partial charge in [-0.1, -0.05) is 118 Å². The Kier molecular flexibility index (Phi) is 11.9. The molecule has 2 amide bonds. The monoisotopic (exact) mass is 739 g/mol. The molecule has 0 bridgehead atoms. The molecular weight excluding hydrogens is 686 g/mol. The lowest BCUT2D eigenvalue weighted by molar-refractivity contribution is -0.143. The number of amides is 2. The van der Waals surface area contributed by atoms with Crippen LogP contribution >= 0.6 is 0 Å². The summed E-state index contributed by atoms with van der Waals surface area (Å²) in [5.41, 5.74) is 2.86. The van der Waals surface area contributed by atoms with Crippen LogP contribution in [0.2, 0.25) is 5.04 Å². The molecule has 4 atom stereocenters. The summed E-state index contributed by atoms with van der Waals surface area (Å²) in [6, 6.07) is 24.7. The second kappa shape index (κ2) is 16.2. The molecule has 7 nitrogen and oxygen atoms in total. The van der Waals surface area contributed by atoms with Crippen molar-refractivity contribution in [2.24, 2.45) is 17.8 Å². The van der Waals surface area contributed by atoms with E-state index in [2.05, 4.69) is 45.0 Å². The molecule has 1 heterocycles. The zero-order valence-electron chi connectivity index (χ0n) is 31.4. The molecule has 1 aliphatic heterocycles. The number of allylic oxidation sites excluding steroid dienone is 1. The third-order valence-corrected chi connectivity index (χ3v) is 16.8. The first kappa shape index (κ1) is 38.8. The van der Waals surface area contributed by atoms with E-state index in [4.69, 9.17) is 4.43 Å². The maximum absolute atomic E-state index is 14.2. The predicted octanol–water partition coefficient (Wildman–Crippen LogP) is 6.90. The Hall–Kier alpha value is -3.89. The Morgan fingerprint density at radius 1 is 0.962 bits per heavy atom. The number of halogens is 1. The molecule has 2 fully saturated rings. The maximum atomic E-state index is 14.2. The van der Waals surface area contributed by atoms with Gasteiger partial charge in [0.15, 0.2) is 11.6 Å². The number of hydrogen-bond acceptors (Lipinski definition) is 6. The highest BCUT2D eigenvalue weighted by Crippen LogP contribution is 2.48. The number of nitrogens with zero attached hydrogens (tertiary/aromatic N) is 1. The summed E-state index contributed by atoms with van der Waals surface area (Å²) in [7, 11) is -3.02. The number of benzene rings is 3. The minimum atomic E-state index is -3.02. The van der Waals surface area contributed by atoms with Gasteiger partial charge in [0.2, 0.25) is 11.8 Å². The number of likely N-dealkylation sites (tertiary alicyclic amines) is 1. The smallest absolute Gasteiger partial charge is 0.261 e. The van der Waals surface area contributed by atoms with Crippen molar-refractivity contribution in [2.45, 2.75) is 96.2 Å². The molecule has 0 aromatic heterocycles. The molecule has 3 aliphatic rings. The molecule has 6 rings (SSSR count). The Morgan fingerprint density at radius 2 is 1.58 bits per heavy atom. The standard InChI is InChI=1S/C44H54FNO6Si/c1-29(24-30-21-23-38(48)37(45)25-30)20-22-39(49)40-31(26-35-41(36(40)27-47)43(51)46(42(35)50)32-14-8-5-9-15-32)28-52-53(44(2,3)4,33-16-10-6-11-17-33)34-18-12-7-13-19-34/h6-7,10-13,16-19,21,23-25,32,35-36,39,41,47-49H,5,8-9,14-15,20,22,26-28H2,1-4H3/b29-24+/t35-,36+,39-,41-/m1/s1. The van der Waals surface area contributed by atoms with Crippen LogP contribution in [0.1, 0.15) is 84.6 Å². The molecule has 9 heteroatoms. The number of aliphatic hydroxyl groups excluding tert-OH is 2. The number of carbonyl (C=O) groups is 2. The van der Waals surface area contributed by atoms with Gasteiger partial charge in [-0.25, -0.2) is 4.39 Å². The quantitative estimate of drug-likeness (QED) is 0.106. The van der Waals surface area contributed by atoms with Crippen LogP contribution in [0.5, 0.6) is 5.75 Å². The van der Waals surface area contributed by atoms with Gasteiger partial charge in [0.05, 0.1) is 31.2 Å². The largest absolute Gasteiger partial charge is 0.505 e. The van der Waals surface area contributed by atoms with E-state index >= 15 is 0 Å². The van der Waals surface area contributed by atoms with Crippen LogP contribution in [-0.2, 0) is 14.0 Å². The summed E-state index contributed by atoms with van der Waals surface area (Å²) in [4.78, 5) is 30.0. The first-order valence-electron chi connectivity index (χ1n) is 19.2. The van der Waals surface area contributed by atoms with Crippen LogP contribution < -0.4 is 10.4 Å². The van der Waals surface area contributed by atoms with E-state index in [0.29, 0.717) is 24.0 Å². The lowest BCUT2D eigenvalue weighted by Gasteiger charge is -2.44. The van der Waals surface area contributed by atoms with Gasteiger partial charge >= 0.3 is 0 Å². The lowest BCUT2D eigenvalue weighted by atomic mass is 9.68. The van der Waals surface area contributed by atoms with Gasteiger partial charge in [-0.05, 0) is 83.3 Å². The summed E-state index contributed by atoms with van der Waals surface area (Å²) in [6.07, 6.45) is 6.47. The molecule has 1 saturated heterocycles. The van der Waals surface area contributed by atoms with Gasteiger partial charge in [-0.3, -0.25) is 14.5 Å². The average Bonchev–Trinajstić information content (AvgIpc) is 3.40. The Morgan fingerprint density at radius 3 is 2.15 bits per heavy atom. The van der Waals surface area contributed by atoms with Crippen molar-refractivity contribution in [2.75, 3.05) is 13.2 Å². The minimum absolute atomic E-state index is 0.128. The first-order valence-corrected chi connectivity index (χ1v) is 21.1. The van der Waals surface area contributed by atoms with E-state index < -0.39 is 43.7 Å². The summed E-state index contributed by atoms with van der Waals surface area (Å²) >= 11 is 0. The van der Waals surface area contributed by atoms with Crippen molar-refractivity contribution < 1.29 is 33.7 Å². The zero-order chi connectivity index (χ0) is 37.9. The maximum Gasteiger partial charge on any atom is 0.261 e. The molecule has 282 valence electrons. The molecule has 53 heavy (non-hydrogen) atoms. The molecule has 0 spiro atoms. The zero-order valence-corrected chi connectivity index (χ0v) is 32.4. The van der Waals surface area contributed by atoms with Crippen LogP contribution in [0.25, 0.3) is 6.08 Å². The highest BCUT2D eigenvalue weighted by Gasteiger charge is 2.57. The van der Waals surface area contributed by atoms with Gasteiger partial charge in [0, 0.05) is 12.0 Å². The lowest BCUT2D eigenvalue weighted by Crippen LogP contribution is -2.66. The van der Waals surface area contributed by atoms with Crippen molar-refractivity contribution in [3.63, 3.8) is 0 Å². The van der Waals surface area contributed by atoms with Crippen LogP contribution in [0.3, 0.4) is 0 Å². The SMILES string of the molecule is C/C(=C\c1ccc(O)c(F)c1)CC[C@@H](O)C1=C(CO[Si](c2ccccc2)(c2ccccc2)C(C)(C)C)C[C@H]2C(=O)N(C3CCCCC3)C(=O)[C@H]2[C@H]1CO. The second-order valence-corrected chi connectivity index (χ2v) is 20.5. The third kappa shape index (κ3) is 7.72. The van der Waals surface area contributed by atoms with Crippen molar-refractivity contribution >= 4 is 36.6 Å². The van der Waals surface area contributed by atoms with Gasteiger partial charge in [0.25, 0.3) is 8.32 Å². The first-order chi connectivity index (χ1) is 25.4. The molecular formula is C44H54FNO6Si. The summed E-state index contributed by atoms with van der Waals surface area (Å²) in [6.45, 7) is 8.27. The molecule has 3 aromatic rings. The number of hydrogen-bond donors (Lipinski definition) is 3. The van der Waals surface area contributed by atoms with E-state index in [1.807, 2.05) is 49.4 Å². The van der Waals surface area contributed by atoms with Gasteiger partial charge in [-0.15, -0.1) is 0 Å². The topological polar surface area (TPSA) is 107 Å². The van der Waals surface area contributed by atoms with Gasteiger partial charge < -0.3 is 19.7 Å². The molecule has 2 aliphatic carbocycles. The number of imide groups is 1. The van der Waals surface area contributed by atoms with Crippen LogP contribution in [0.4, 0.5) is 4.39 Å². The predicted molar refractivity (Wildman–Crippen MR) is 208 cm³/mol. The van der Waals surface area contributed by atoms with Crippen molar-refractivity contribution in [3.8, 4) is 5.75 Å². The summed E-state index contributed by atoms with van der Waals surface area (Å²) in [5.74, 6) is -3.61. The number of rotatable bonds is 12. The van der Waals surface area contributed by atoms with Crippen molar-refractivity contribution in [1.29, 1.82) is 0 Å². The number of aromatic hydroxyl groups is 1. The van der Waals surface area contributed by atoms with Crippen LogP contribution in [-0.4, -0.2) is 65.7 Å². The fourth-order valence-corrected chi connectivity index (χ4v) is 13.8. The summed E-state index contributed by atoms with van der Waals surface area (Å²) < 4.78 is 21.4. The highest BCUT2D eigenvalue weighted by molar-refractivity contribution is 6.99. The Labute approximate surface area is 314 Å². The minimum Gasteiger partial charge on any atom is -0.505 e. The normalized spacial score (nSPS) is 22.4. The van der Waals surface area contributed by atoms with Gasteiger partial charge in [-0.2, -0.15) is 0 Å². The fraction of sp³-hybridized carbons (Fsp3) is 0.455. The van der Waals surface area contributed by atoms with Crippen molar-refractivity contribution in [1.82, 2.24) is 4.90 Å². The number of fused-ring (bicyclic) bond motifs is 1. The third-order valence-electron chi connectivity index (χ3n) is 11.8. The van der Waals surface area contributed by atoms with E-state index in [1.54, 1.807) is 6.07 Å². The van der Waals surface area contributed by atoms with E-state index in [1.165, 1.54) is 17.0 Å². The average molecular weight is 740 g/mol. The summed E-state index contributed by atoms with van der Waals surface area (Å²) in [5, 5.41) is 34.7. The van der Waals surface area contributed by atoms with Gasteiger partial charge in [0.1, 0.15) is 0 Å². The Balaban J connectivity index is 1.39. The molecule has 3 N–H and O–H groups in total. The molecule has 0 radical (unpaired) electrons. The van der Waals surface area contributed by atoms with E-state index in [9.17, 15) is 29.3 Å². The van der Waals surface area contributed by atoms with E-state index in [0.717, 1.165) is 53.6 Å². The second-order valence-electron chi connectivity index (χ2n) is 16.2. The number of carbonyl (C=O) groups excluding carboxylic acids is 2. The Bertz CT molecular complexity index is 1790. The van der Waals surface area contributed by atoms with Crippen LogP contribution in [0, 0.1) is 23.6 Å².